The summed E-state index contributed by atoms with van der Waals surface area (Å²) in [6.45, 7) is 9.46. The van der Waals surface area contributed by atoms with Crippen molar-refractivity contribution in [3.05, 3.63) is 23.8 Å². The second-order valence-electron chi connectivity index (χ2n) is 6.18. The molecule has 0 spiro atoms. The summed E-state index contributed by atoms with van der Waals surface area (Å²) in [5.74, 6) is 0.747. The molecule has 3 N–H and O–H groups in total. The maximum Gasteiger partial charge on any atom is 0.224 e. The Morgan fingerprint density at radius 3 is 2.67 bits per heavy atom. The molecule has 0 saturated carbocycles. The van der Waals surface area contributed by atoms with E-state index in [1.165, 1.54) is 0 Å². The number of ether oxygens (including phenoxy) is 1. The first-order chi connectivity index (χ1) is 9.88. The normalized spacial score (nSPS) is 11.3. The van der Waals surface area contributed by atoms with Crippen LogP contribution in [0.3, 0.4) is 0 Å². The molecule has 0 aromatic heterocycles. The van der Waals surface area contributed by atoms with E-state index < -0.39 is 0 Å². The standard InChI is InChI=1S/C17H28N2O2/c1-5-21-15-12-13(2)6-7-14(15)19-16(20)8-9-17(3,4)10-11-18/h6-7,12H,5,8-11,18H2,1-4H3,(H,19,20). The van der Waals surface area contributed by atoms with Crippen molar-refractivity contribution < 1.29 is 9.53 Å². The van der Waals surface area contributed by atoms with Gasteiger partial charge in [-0.3, -0.25) is 4.79 Å². The monoisotopic (exact) mass is 292 g/mol. The Labute approximate surface area is 128 Å². The zero-order chi connectivity index (χ0) is 15.9. The van der Waals surface area contributed by atoms with Gasteiger partial charge in [-0.2, -0.15) is 0 Å². The fraction of sp³-hybridized carbons (Fsp3) is 0.588. The number of carbonyl (C=O) groups is 1. The lowest BCUT2D eigenvalue weighted by Gasteiger charge is -2.23. The summed E-state index contributed by atoms with van der Waals surface area (Å²) in [5, 5.41) is 2.94. The third kappa shape index (κ3) is 6.17. The van der Waals surface area contributed by atoms with Crippen LogP contribution in [0.4, 0.5) is 5.69 Å². The van der Waals surface area contributed by atoms with Gasteiger partial charge in [0, 0.05) is 6.42 Å². The summed E-state index contributed by atoms with van der Waals surface area (Å²) >= 11 is 0. The number of anilines is 1. The predicted molar refractivity (Wildman–Crippen MR) is 87.7 cm³/mol. The van der Waals surface area contributed by atoms with Crippen molar-refractivity contribution in [3.63, 3.8) is 0 Å². The minimum Gasteiger partial charge on any atom is -0.492 e. The highest BCUT2D eigenvalue weighted by molar-refractivity contribution is 5.92. The number of hydrogen-bond donors (Lipinski definition) is 2. The van der Waals surface area contributed by atoms with Crippen molar-refractivity contribution in [1.29, 1.82) is 0 Å². The minimum absolute atomic E-state index is 0.0184. The first-order valence-electron chi connectivity index (χ1n) is 7.61. The summed E-state index contributed by atoms with van der Waals surface area (Å²) in [4.78, 5) is 12.1. The molecule has 0 aliphatic carbocycles. The molecule has 0 aliphatic heterocycles. The molecule has 21 heavy (non-hydrogen) atoms. The number of hydrogen-bond acceptors (Lipinski definition) is 3. The molecule has 118 valence electrons. The van der Waals surface area contributed by atoms with Gasteiger partial charge in [0.25, 0.3) is 0 Å². The van der Waals surface area contributed by atoms with Crippen LogP contribution in [0.25, 0.3) is 0 Å². The number of aryl methyl sites for hydroxylation is 1. The zero-order valence-electron chi connectivity index (χ0n) is 13.7. The third-order valence-corrected chi connectivity index (χ3v) is 3.56. The van der Waals surface area contributed by atoms with Gasteiger partial charge in [0.15, 0.2) is 0 Å². The molecule has 4 nitrogen and oxygen atoms in total. The lowest BCUT2D eigenvalue weighted by molar-refractivity contribution is -0.116. The Hall–Kier alpha value is -1.55. The van der Waals surface area contributed by atoms with Gasteiger partial charge in [0.1, 0.15) is 5.75 Å². The van der Waals surface area contributed by atoms with E-state index in [0.29, 0.717) is 19.6 Å². The summed E-state index contributed by atoms with van der Waals surface area (Å²) < 4.78 is 5.57. The van der Waals surface area contributed by atoms with Crippen LogP contribution in [0.2, 0.25) is 0 Å². The second kappa shape index (κ2) is 8.03. The summed E-state index contributed by atoms with van der Waals surface area (Å²) in [6.07, 6.45) is 2.24. The highest BCUT2D eigenvalue weighted by Gasteiger charge is 2.18. The Bertz CT molecular complexity index is 470. The van der Waals surface area contributed by atoms with Crippen LogP contribution < -0.4 is 15.8 Å². The van der Waals surface area contributed by atoms with Gasteiger partial charge < -0.3 is 15.8 Å². The number of benzene rings is 1. The van der Waals surface area contributed by atoms with E-state index in [-0.39, 0.29) is 11.3 Å². The average Bonchev–Trinajstić information content (AvgIpc) is 2.40. The molecule has 0 fully saturated rings. The summed E-state index contributed by atoms with van der Waals surface area (Å²) in [6, 6.07) is 5.80. The maximum atomic E-state index is 12.1. The van der Waals surface area contributed by atoms with Gasteiger partial charge in [-0.25, -0.2) is 0 Å². The highest BCUT2D eigenvalue weighted by Crippen LogP contribution is 2.28. The molecule has 0 atom stereocenters. The predicted octanol–water partition coefficient (Wildman–Crippen LogP) is 3.49. The Morgan fingerprint density at radius 2 is 2.05 bits per heavy atom. The van der Waals surface area contributed by atoms with E-state index in [1.807, 2.05) is 32.0 Å². The van der Waals surface area contributed by atoms with E-state index in [0.717, 1.165) is 29.8 Å². The highest BCUT2D eigenvalue weighted by atomic mass is 16.5. The van der Waals surface area contributed by atoms with E-state index in [9.17, 15) is 4.79 Å². The number of amides is 1. The van der Waals surface area contributed by atoms with Crippen molar-refractivity contribution in [1.82, 2.24) is 0 Å². The Kier molecular flexibility index (Phi) is 6.69. The molecule has 1 rings (SSSR count). The molecule has 1 aromatic carbocycles. The molecular formula is C17H28N2O2. The first kappa shape index (κ1) is 17.5. The van der Waals surface area contributed by atoms with Crippen LogP contribution >= 0.6 is 0 Å². The van der Waals surface area contributed by atoms with E-state index in [1.54, 1.807) is 0 Å². The largest absolute Gasteiger partial charge is 0.492 e. The van der Waals surface area contributed by atoms with Crippen LogP contribution in [0.1, 0.15) is 45.6 Å². The lowest BCUT2D eigenvalue weighted by atomic mass is 9.84. The van der Waals surface area contributed by atoms with Crippen molar-refractivity contribution in [2.24, 2.45) is 11.1 Å². The molecule has 0 saturated heterocycles. The zero-order valence-corrected chi connectivity index (χ0v) is 13.7. The fourth-order valence-electron chi connectivity index (χ4n) is 2.19. The fourth-order valence-corrected chi connectivity index (χ4v) is 2.19. The quantitative estimate of drug-likeness (QED) is 0.771. The molecule has 1 amide bonds. The van der Waals surface area contributed by atoms with Gasteiger partial charge in [-0.15, -0.1) is 0 Å². The van der Waals surface area contributed by atoms with Crippen LogP contribution in [-0.4, -0.2) is 19.1 Å². The molecule has 0 aliphatic rings. The minimum atomic E-state index is 0.0184. The SMILES string of the molecule is CCOc1cc(C)ccc1NC(=O)CCC(C)(C)CCN. The van der Waals surface area contributed by atoms with E-state index in [4.69, 9.17) is 10.5 Å². The molecule has 0 bridgehead atoms. The smallest absolute Gasteiger partial charge is 0.224 e. The van der Waals surface area contributed by atoms with Gasteiger partial charge in [0.05, 0.1) is 12.3 Å². The summed E-state index contributed by atoms with van der Waals surface area (Å²) in [7, 11) is 0. The van der Waals surface area contributed by atoms with Crippen molar-refractivity contribution >= 4 is 11.6 Å². The molecule has 0 radical (unpaired) electrons. The van der Waals surface area contributed by atoms with Crippen LogP contribution in [0.5, 0.6) is 5.75 Å². The van der Waals surface area contributed by atoms with Crippen molar-refractivity contribution in [2.45, 2.75) is 47.0 Å². The van der Waals surface area contributed by atoms with Crippen molar-refractivity contribution in [2.75, 3.05) is 18.5 Å². The number of nitrogens with two attached hydrogens (primary N) is 1. The first-order valence-corrected chi connectivity index (χ1v) is 7.61. The maximum absolute atomic E-state index is 12.1. The summed E-state index contributed by atoms with van der Waals surface area (Å²) in [5.41, 5.74) is 7.55. The van der Waals surface area contributed by atoms with Crippen LogP contribution in [0.15, 0.2) is 18.2 Å². The van der Waals surface area contributed by atoms with Crippen molar-refractivity contribution in [3.8, 4) is 5.75 Å². The lowest BCUT2D eigenvalue weighted by Crippen LogP contribution is -2.20. The molecule has 4 heteroatoms. The van der Waals surface area contributed by atoms with E-state index >= 15 is 0 Å². The van der Waals surface area contributed by atoms with Gasteiger partial charge in [-0.05, 0) is 56.3 Å². The third-order valence-electron chi connectivity index (χ3n) is 3.56. The molecular weight excluding hydrogens is 264 g/mol. The Morgan fingerprint density at radius 1 is 1.33 bits per heavy atom. The number of rotatable bonds is 8. The number of carbonyl (C=O) groups excluding carboxylic acids is 1. The molecule has 0 heterocycles. The van der Waals surface area contributed by atoms with Gasteiger partial charge in [-0.1, -0.05) is 19.9 Å². The topological polar surface area (TPSA) is 64.3 Å². The second-order valence-corrected chi connectivity index (χ2v) is 6.18. The average molecular weight is 292 g/mol. The van der Waals surface area contributed by atoms with Crippen LogP contribution in [0, 0.1) is 12.3 Å². The molecule has 0 unspecified atom stereocenters. The van der Waals surface area contributed by atoms with Gasteiger partial charge >= 0.3 is 0 Å². The van der Waals surface area contributed by atoms with Crippen LogP contribution in [-0.2, 0) is 4.79 Å². The number of nitrogens with one attached hydrogen (secondary N) is 1. The molecule has 1 aromatic rings. The van der Waals surface area contributed by atoms with E-state index in [2.05, 4.69) is 19.2 Å². The Balaban J connectivity index is 2.62. The van der Waals surface area contributed by atoms with Gasteiger partial charge in [0.2, 0.25) is 5.91 Å².